The van der Waals surface area contributed by atoms with Crippen LogP contribution in [0.3, 0.4) is 0 Å². The maximum Gasteiger partial charge on any atom is 0.304 e. The summed E-state index contributed by atoms with van der Waals surface area (Å²) in [6.45, 7) is 5.53. The van der Waals surface area contributed by atoms with E-state index in [4.69, 9.17) is 21.3 Å². The molecule has 10 heteroatoms. The number of rotatable bonds is 6. The first-order chi connectivity index (χ1) is 21.1. The number of hydrogen-bond donors (Lipinski definition) is 0. The van der Waals surface area contributed by atoms with Crippen molar-refractivity contribution in [2.75, 3.05) is 0 Å². The molecule has 0 bridgehead atoms. The SMILES string of the molecule is CC(=O)c1ccc(-n2c(OCc3cccc4cccnc34)nc3c(c2=O)CC(C)N(C(=O)c2ccc(Br)c(C)c2)C3)c(Cl)c1. The molecule has 0 radical (unpaired) electrons. The van der Waals surface area contributed by atoms with Crippen LogP contribution in [0.2, 0.25) is 5.02 Å². The van der Waals surface area contributed by atoms with Crippen LogP contribution in [-0.4, -0.2) is 37.2 Å². The highest BCUT2D eigenvalue weighted by Gasteiger charge is 2.32. The van der Waals surface area contributed by atoms with Crippen molar-refractivity contribution in [2.45, 2.75) is 46.4 Å². The Balaban J connectivity index is 1.44. The number of aryl methyl sites for hydroxylation is 1. The number of carbonyl (C=O) groups is 2. The molecule has 8 nitrogen and oxygen atoms in total. The number of para-hydroxylation sites is 1. The second kappa shape index (κ2) is 12.0. The molecule has 3 heterocycles. The van der Waals surface area contributed by atoms with Crippen molar-refractivity contribution < 1.29 is 14.3 Å². The Morgan fingerprint density at radius 1 is 1.07 bits per heavy atom. The second-order valence-corrected chi connectivity index (χ2v) is 12.2. The van der Waals surface area contributed by atoms with E-state index in [1.165, 1.54) is 17.6 Å². The van der Waals surface area contributed by atoms with Gasteiger partial charge in [-0.3, -0.25) is 19.4 Å². The normalized spacial score (nSPS) is 14.4. The van der Waals surface area contributed by atoms with Gasteiger partial charge >= 0.3 is 6.01 Å². The van der Waals surface area contributed by atoms with Gasteiger partial charge in [0.25, 0.3) is 11.5 Å². The molecule has 2 aromatic heterocycles. The summed E-state index contributed by atoms with van der Waals surface area (Å²) in [6, 6.07) is 19.7. The molecule has 5 aromatic rings. The number of benzene rings is 3. The minimum absolute atomic E-state index is 0.0283. The van der Waals surface area contributed by atoms with E-state index in [0.717, 1.165) is 26.5 Å². The van der Waals surface area contributed by atoms with Crippen molar-refractivity contribution in [3.05, 3.63) is 126 Å². The lowest BCUT2D eigenvalue weighted by molar-refractivity contribution is 0.0651. The van der Waals surface area contributed by atoms with E-state index in [1.807, 2.05) is 56.3 Å². The van der Waals surface area contributed by atoms with Crippen LogP contribution in [-0.2, 0) is 19.6 Å². The van der Waals surface area contributed by atoms with E-state index < -0.39 is 0 Å². The van der Waals surface area contributed by atoms with Crippen LogP contribution in [0.5, 0.6) is 6.01 Å². The summed E-state index contributed by atoms with van der Waals surface area (Å²) in [6.07, 6.45) is 2.02. The number of aromatic nitrogens is 3. The van der Waals surface area contributed by atoms with Crippen molar-refractivity contribution in [1.29, 1.82) is 0 Å². The summed E-state index contributed by atoms with van der Waals surface area (Å²) in [5, 5.41) is 1.17. The molecular weight excluding hydrogens is 644 g/mol. The van der Waals surface area contributed by atoms with E-state index in [1.54, 1.807) is 29.3 Å². The number of carbonyl (C=O) groups excluding carboxylic acids is 2. The van der Waals surface area contributed by atoms with E-state index in [2.05, 4.69) is 20.9 Å². The first-order valence-corrected chi connectivity index (χ1v) is 15.3. The minimum Gasteiger partial charge on any atom is -0.459 e. The quantitative estimate of drug-likeness (QED) is 0.183. The maximum atomic E-state index is 14.2. The van der Waals surface area contributed by atoms with Gasteiger partial charge in [-0.1, -0.05) is 51.8 Å². The van der Waals surface area contributed by atoms with Crippen LogP contribution in [0.25, 0.3) is 16.6 Å². The zero-order chi connectivity index (χ0) is 31.1. The zero-order valence-electron chi connectivity index (χ0n) is 24.3. The minimum atomic E-state index is -0.336. The molecule has 44 heavy (non-hydrogen) atoms. The second-order valence-electron chi connectivity index (χ2n) is 10.9. The number of Topliss-reactive ketones (excluding diaryl/α,β-unsaturated/α-hetero) is 1. The van der Waals surface area contributed by atoms with Crippen molar-refractivity contribution in [2.24, 2.45) is 0 Å². The lowest BCUT2D eigenvalue weighted by Gasteiger charge is -2.34. The third kappa shape index (κ3) is 5.53. The fraction of sp³-hybridized carbons (Fsp3) is 0.206. The largest absolute Gasteiger partial charge is 0.459 e. The molecule has 1 unspecified atom stereocenters. The summed E-state index contributed by atoms with van der Waals surface area (Å²) in [7, 11) is 0. The van der Waals surface area contributed by atoms with Gasteiger partial charge < -0.3 is 9.64 Å². The molecule has 0 saturated carbocycles. The summed E-state index contributed by atoms with van der Waals surface area (Å²) in [5.41, 5.74) is 4.49. The zero-order valence-corrected chi connectivity index (χ0v) is 26.6. The number of halogens is 2. The number of pyridine rings is 1. The molecule has 0 N–H and O–H groups in total. The Morgan fingerprint density at radius 2 is 1.84 bits per heavy atom. The lowest BCUT2D eigenvalue weighted by atomic mass is 9.98. The summed E-state index contributed by atoms with van der Waals surface area (Å²) in [4.78, 5) is 50.9. The first-order valence-electron chi connectivity index (χ1n) is 14.1. The summed E-state index contributed by atoms with van der Waals surface area (Å²) in [5.74, 6) is -0.286. The van der Waals surface area contributed by atoms with Crippen LogP contribution in [0, 0.1) is 6.92 Å². The highest BCUT2D eigenvalue weighted by atomic mass is 79.9. The average Bonchev–Trinajstić information content (AvgIpc) is 3.01. The number of hydrogen-bond acceptors (Lipinski definition) is 6. The van der Waals surface area contributed by atoms with Gasteiger partial charge in [-0.2, -0.15) is 4.98 Å². The molecule has 0 fully saturated rings. The molecule has 0 aliphatic carbocycles. The van der Waals surface area contributed by atoms with Crippen molar-refractivity contribution >= 4 is 50.1 Å². The molecular formula is C34H28BrClN4O4. The van der Waals surface area contributed by atoms with Crippen LogP contribution in [0.15, 0.2) is 82.2 Å². The molecule has 1 aliphatic heterocycles. The number of ketones is 1. The number of fused-ring (bicyclic) bond motifs is 2. The Morgan fingerprint density at radius 3 is 2.59 bits per heavy atom. The highest BCUT2D eigenvalue weighted by molar-refractivity contribution is 9.10. The lowest BCUT2D eigenvalue weighted by Crippen LogP contribution is -2.46. The third-order valence-electron chi connectivity index (χ3n) is 7.92. The fourth-order valence-corrected chi connectivity index (χ4v) is 6.01. The third-order valence-corrected chi connectivity index (χ3v) is 9.11. The standard InChI is InChI=1S/C34H28BrClN4O4/c1-19-14-24(9-11-27(19)35)32(42)39-17-29-26(15-20(39)2)33(43)40(30-12-10-23(21(3)41)16-28(30)36)34(38-29)44-18-25-7-4-6-22-8-5-13-37-31(22)25/h4-14,16,20H,15,17-18H2,1-3H3. The van der Waals surface area contributed by atoms with Crippen molar-refractivity contribution in [3.8, 4) is 11.7 Å². The van der Waals surface area contributed by atoms with Gasteiger partial charge in [-0.05, 0) is 75.2 Å². The summed E-state index contributed by atoms with van der Waals surface area (Å²) >= 11 is 10.1. The van der Waals surface area contributed by atoms with Gasteiger partial charge in [0.15, 0.2) is 5.78 Å². The molecule has 6 rings (SSSR count). The van der Waals surface area contributed by atoms with Gasteiger partial charge in [0.2, 0.25) is 0 Å². The van der Waals surface area contributed by atoms with Crippen LogP contribution in [0.1, 0.15) is 56.9 Å². The Kier molecular flexibility index (Phi) is 8.09. The van der Waals surface area contributed by atoms with Crippen LogP contribution >= 0.6 is 27.5 Å². The van der Waals surface area contributed by atoms with Crippen LogP contribution in [0.4, 0.5) is 0 Å². The van der Waals surface area contributed by atoms with E-state index >= 15 is 0 Å². The summed E-state index contributed by atoms with van der Waals surface area (Å²) < 4.78 is 8.55. The van der Waals surface area contributed by atoms with Crippen molar-refractivity contribution in [1.82, 2.24) is 19.4 Å². The maximum absolute atomic E-state index is 14.2. The molecule has 1 atom stereocenters. The van der Waals surface area contributed by atoms with E-state index in [9.17, 15) is 14.4 Å². The smallest absolute Gasteiger partial charge is 0.304 e. The van der Waals surface area contributed by atoms with E-state index in [0.29, 0.717) is 34.5 Å². The highest BCUT2D eigenvalue weighted by Crippen LogP contribution is 2.30. The molecule has 1 aliphatic rings. The van der Waals surface area contributed by atoms with Gasteiger partial charge in [0.05, 0.1) is 28.5 Å². The van der Waals surface area contributed by atoms with Crippen LogP contribution < -0.4 is 10.3 Å². The molecule has 0 spiro atoms. The van der Waals surface area contributed by atoms with E-state index in [-0.39, 0.29) is 47.5 Å². The predicted molar refractivity (Wildman–Crippen MR) is 173 cm³/mol. The Labute approximate surface area is 267 Å². The molecule has 1 amide bonds. The van der Waals surface area contributed by atoms with Crippen molar-refractivity contribution in [3.63, 3.8) is 0 Å². The topological polar surface area (TPSA) is 94.4 Å². The fourth-order valence-electron chi connectivity index (χ4n) is 5.50. The first kappa shape index (κ1) is 29.7. The Hall–Kier alpha value is -4.34. The van der Waals surface area contributed by atoms with Gasteiger partial charge in [0.1, 0.15) is 6.61 Å². The van der Waals surface area contributed by atoms with Gasteiger partial charge in [-0.15, -0.1) is 0 Å². The number of nitrogens with zero attached hydrogens (tertiary/aromatic N) is 4. The van der Waals surface area contributed by atoms with Gasteiger partial charge in [-0.25, -0.2) is 4.57 Å². The number of ether oxygens (including phenoxy) is 1. The number of amides is 1. The molecule has 222 valence electrons. The monoisotopic (exact) mass is 670 g/mol. The average molecular weight is 672 g/mol. The molecule has 3 aromatic carbocycles. The Bertz CT molecular complexity index is 2020. The molecule has 0 saturated heterocycles. The predicted octanol–water partition coefficient (Wildman–Crippen LogP) is 6.87. The van der Waals surface area contributed by atoms with Gasteiger partial charge in [0, 0.05) is 44.4 Å².